The van der Waals surface area contributed by atoms with Gasteiger partial charge in [-0.2, -0.15) is 0 Å². The van der Waals surface area contributed by atoms with Gasteiger partial charge in [-0.25, -0.2) is 0 Å². The Morgan fingerprint density at radius 2 is 1.52 bits per heavy atom. The Labute approximate surface area is 182 Å². The monoisotopic (exact) mass is 424 g/mol. The Hall–Kier alpha value is -1.58. The predicted molar refractivity (Wildman–Crippen MR) is 132 cm³/mol. The lowest BCUT2D eigenvalue weighted by Gasteiger charge is -2.16. The fraction of sp³-hybridized carbons (Fsp3) is 0.462. The van der Waals surface area contributed by atoms with Gasteiger partial charge in [-0.05, 0) is 82.1 Å². The summed E-state index contributed by atoms with van der Waals surface area (Å²) in [6, 6.07) is 13.8. The second-order valence-electron chi connectivity index (χ2n) is 8.28. The number of benzene rings is 2. The van der Waals surface area contributed by atoms with Gasteiger partial charge < -0.3 is 4.74 Å². The van der Waals surface area contributed by atoms with Crippen LogP contribution in [0.4, 0.5) is 0 Å². The first-order chi connectivity index (χ1) is 14.3. The summed E-state index contributed by atoms with van der Waals surface area (Å²) >= 11 is 3.62. The number of unbranched alkanes of at least 4 members (excludes halogenated alkanes) is 4. The number of ether oxygens (including phenoxy) is 1. The second-order valence-corrected chi connectivity index (χ2v) is 10.3. The van der Waals surface area contributed by atoms with E-state index >= 15 is 0 Å². The molecule has 154 valence electrons. The van der Waals surface area contributed by atoms with Gasteiger partial charge in [0, 0.05) is 9.40 Å². The fourth-order valence-corrected chi connectivity index (χ4v) is 5.93. The van der Waals surface area contributed by atoms with Crippen LogP contribution in [0.15, 0.2) is 41.8 Å². The van der Waals surface area contributed by atoms with E-state index in [1.165, 1.54) is 82.3 Å². The van der Waals surface area contributed by atoms with Crippen molar-refractivity contribution in [2.24, 2.45) is 5.92 Å². The SMILES string of the molecule is CCCCCCC(CCCC)COc1cc2cc3cc4sccc4cc3cc2s1. The smallest absolute Gasteiger partial charge is 0.174 e. The highest BCUT2D eigenvalue weighted by atomic mass is 32.1. The van der Waals surface area contributed by atoms with E-state index in [0.29, 0.717) is 5.92 Å². The van der Waals surface area contributed by atoms with Crippen LogP contribution in [0.3, 0.4) is 0 Å². The van der Waals surface area contributed by atoms with Crippen molar-refractivity contribution in [2.45, 2.75) is 65.2 Å². The van der Waals surface area contributed by atoms with Crippen molar-refractivity contribution in [3.63, 3.8) is 0 Å². The van der Waals surface area contributed by atoms with Crippen LogP contribution in [0.2, 0.25) is 0 Å². The van der Waals surface area contributed by atoms with E-state index in [0.717, 1.165) is 11.7 Å². The van der Waals surface area contributed by atoms with Gasteiger partial charge in [0.15, 0.2) is 5.06 Å². The zero-order valence-corrected chi connectivity index (χ0v) is 19.3. The van der Waals surface area contributed by atoms with E-state index in [1.807, 2.05) is 11.3 Å². The highest BCUT2D eigenvalue weighted by Crippen LogP contribution is 2.37. The molecule has 0 bridgehead atoms. The summed E-state index contributed by atoms with van der Waals surface area (Å²) in [5.74, 6) is 0.697. The number of fused-ring (bicyclic) bond motifs is 3. The van der Waals surface area contributed by atoms with Gasteiger partial charge in [0.2, 0.25) is 0 Å². The van der Waals surface area contributed by atoms with E-state index in [4.69, 9.17) is 4.74 Å². The van der Waals surface area contributed by atoms with Gasteiger partial charge in [0.05, 0.1) is 6.61 Å². The normalized spacial score (nSPS) is 12.9. The van der Waals surface area contributed by atoms with Crippen LogP contribution in [0.1, 0.15) is 65.2 Å². The maximum absolute atomic E-state index is 6.32. The highest BCUT2D eigenvalue weighted by molar-refractivity contribution is 7.20. The molecule has 0 aliphatic rings. The molecule has 0 radical (unpaired) electrons. The Balaban J connectivity index is 1.46. The molecule has 0 fully saturated rings. The summed E-state index contributed by atoms with van der Waals surface area (Å²) in [5.41, 5.74) is 0. The molecule has 0 aliphatic carbocycles. The molecule has 4 aromatic rings. The summed E-state index contributed by atoms with van der Waals surface area (Å²) in [6.07, 6.45) is 10.6. The highest BCUT2D eigenvalue weighted by Gasteiger charge is 2.12. The molecule has 0 spiro atoms. The first-order valence-corrected chi connectivity index (χ1v) is 12.9. The lowest BCUT2D eigenvalue weighted by molar-refractivity contribution is 0.230. The van der Waals surface area contributed by atoms with Crippen molar-refractivity contribution in [1.29, 1.82) is 0 Å². The Bertz CT molecular complexity index is 991. The third-order valence-corrected chi connectivity index (χ3v) is 7.81. The average molecular weight is 425 g/mol. The van der Waals surface area contributed by atoms with Crippen LogP contribution in [0, 0.1) is 5.92 Å². The number of rotatable bonds is 11. The van der Waals surface area contributed by atoms with E-state index in [2.05, 4.69) is 55.6 Å². The maximum Gasteiger partial charge on any atom is 0.174 e. The van der Waals surface area contributed by atoms with Crippen molar-refractivity contribution in [3.05, 3.63) is 41.8 Å². The lowest BCUT2D eigenvalue weighted by atomic mass is 9.96. The maximum atomic E-state index is 6.32. The largest absolute Gasteiger partial charge is 0.484 e. The molecular formula is C26H32OS2. The summed E-state index contributed by atoms with van der Waals surface area (Å²) in [5, 5.41) is 8.56. The number of hydrogen-bond donors (Lipinski definition) is 0. The van der Waals surface area contributed by atoms with Gasteiger partial charge in [-0.3, -0.25) is 0 Å². The van der Waals surface area contributed by atoms with Crippen molar-refractivity contribution in [3.8, 4) is 5.06 Å². The van der Waals surface area contributed by atoms with Crippen LogP contribution < -0.4 is 4.74 Å². The quantitative estimate of drug-likeness (QED) is 0.218. The molecule has 1 atom stereocenters. The summed E-state index contributed by atoms with van der Waals surface area (Å²) in [6.45, 7) is 5.44. The van der Waals surface area contributed by atoms with Crippen LogP contribution in [0.25, 0.3) is 30.9 Å². The molecule has 0 saturated carbocycles. The summed E-state index contributed by atoms with van der Waals surface area (Å²) in [7, 11) is 0. The Morgan fingerprint density at radius 1 is 0.759 bits per heavy atom. The third kappa shape index (κ3) is 5.13. The van der Waals surface area contributed by atoms with Gasteiger partial charge in [0.1, 0.15) is 0 Å². The minimum Gasteiger partial charge on any atom is -0.484 e. The molecular weight excluding hydrogens is 392 g/mol. The average Bonchev–Trinajstić information content (AvgIpc) is 3.34. The first-order valence-electron chi connectivity index (χ1n) is 11.2. The topological polar surface area (TPSA) is 9.23 Å². The zero-order valence-electron chi connectivity index (χ0n) is 17.7. The molecule has 0 saturated heterocycles. The molecule has 1 nitrogen and oxygen atoms in total. The molecule has 0 amide bonds. The number of hydrogen-bond acceptors (Lipinski definition) is 3. The molecule has 2 heterocycles. The molecule has 4 rings (SSSR count). The van der Waals surface area contributed by atoms with Gasteiger partial charge >= 0.3 is 0 Å². The first kappa shape index (κ1) is 20.7. The van der Waals surface area contributed by atoms with Gasteiger partial charge in [-0.15, -0.1) is 11.3 Å². The number of thiophene rings is 2. The van der Waals surface area contributed by atoms with Crippen molar-refractivity contribution in [1.82, 2.24) is 0 Å². The van der Waals surface area contributed by atoms with Crippen LogP contribution in [-0.4, -0.2) is 6.61 Å². The van der Waals surface area contributed by atoms with Crippen molar-refractivity contribution >= 4 is 53.6 Å². The van der Waals surface area contributed by atoms with Crippen molar-refractivity contribution in [2.75, 3.05) is 6.61 Å². The fourth-order valence-electron chi connectivity index (χ4n) is 4.16. The second kappa shape index (κ2) is 9.95. The van der Waals surface area contributed by atoms with Gasteiger partial charge in [-0.1, -0.05) is 63.7 Å². The molecule has 2 aromatic heterocycles. The van der Waals surface area contributed by atoms with E-state index < -0.39 is 0 Å². The summed E-state index contributed by atoms with van der Waals surface area (Å²) in [4.78, 5) is 0. The van der Waals surface area contributed by atoms with Crippen LogP contribution in [0.5, 0.6) is 5.06 Å². The van der Waals surface area contributed by atoms with Crippen LogP contribution in [-0.2, 0) is 0 Å². The standard InChI is InChI=1S/C26H32OS2/c1-3-5-7-8-10-19(9-6-4-2)18-27-26-17-23-14-22-15-24-20(11-12-28-24)13-21(22)16-25(23)29-26/h11-17,19H,3-10,18H2,1-2H3. The molecule has 0 aliphatic heterocycles. The lowest BCUT2D eigenvalue weighted by Crippen LogP contribution is -2.12. The van der Waals surface area contributed by atoms with E-state index in [9.17, 15) is 0 Å². The zero-order chi connectivity index (χ0) is 20.1. The molecule has 1 unspecified atom stereocenters. The Kier molecular flexibility index (Phi) is 7.10. The molecule has 29 heavy (non-hydrogen) atoms. The minimum atomic E-state index is 0.697. The molecule has 3 heteroatoms. The van der Waals surface area contributed by atoms with Gasteiger partial charge in [0.25, 0.3) is 0 Å². The van der Waals surface area contributed by atoms with Crippen molar-refractivity contribution < 1.29 is 4.74 Å². The molecule has 2 aromatic carbocycles. The predicted octanol–water partition coefficient (Wildman–Crippen LogP) is 9.42. The Morgan fingerprint density at radius 3 is 2.34 bits per heavy atom. The summed E-state index contributed by atoms with van der Waals surface area (Å²) < 4.78 is 9.01. The third-order valence-electron chi connectivity index (χ3n) is 5.92. The van der Waals surface area contributed by atoms with E-state index in [1.54, 1.807) is 11.3 Å². The minimum absolute atomic E-state index is 0.697. The molecule has 0 N–H and O–H groups in total. The van der Waals surface area contributed by atoms with Crippen LogP contribution >= 0.6 is 22.7 Å². The van der Waals surface area contributed by atoms with E-state index in [-0.39, 0.29) is 0 Å².